The summed E-state index contributed by atoms with van der Waals surface area (Å²) in [7, 11) is 0. The molecule has 6 nitrogen and oxygen atoms in total. The Hall–Kier alpha value is -2.70. The first-order valence-corrected chi connectivity index (χ1v) is 7.45. The van der Waals surface area contributed by atoms with E-state index in [9.17, 15) is 9.18 Å². The summed E-state index contributed by atoms with van der Waals surface area (Å²) in [4.78, 5) is 21.4. The van der Waals surface area contributed by atoms with Gasteiger partial charge in [0, 0.05) is 19.2 Å². The van der Waals surface area contributed by atoms with E-state index in [2.05, 4.69) is 15.3 Å². The van der Waals surface area contributed by atoms with Crippen LogP contribution >= 0.6 is 0 Å². The Labute approximate surface area is 133 Å². The first-order chi connectivity index (χ1) is 11.1. The van der Waals surface area contributed by atoms with Gasteiger partial charge in [0.1, 0.15) is 23.8 Å². The molecule has 1 aromatic carbocycles. The maximum absolute atomic E-state index is 13.7. The molecule has 23 heavy (non-hydrogen) atoms. The predicted octanol–water partition coefficient (Wildman–Crippen LogP) is 2.66. The molecule has 0 saturated carbocycles. The second kappa shape index (κ2) is 6.60. The van der Waals surface area contributed by atoms with Crippen molar-refractivity contribution < 1.29 is 14.3 Å². The summed E-state index contributed by atoms with van der Waals surface area (Å²) in [5.74, 6) is -0.422. The second-order valence-electron chi connectivity index (χ2n) is 5.49. The number of aliphatic carboxylic acids is 1. The third-order valence-corrected chi connectivity index (χ3v) is 3.88. The van der Waals surface area contributed by atoms with Crippen molar-refractivity contribution in [1.29, 1.82) is 0 Å². The molecule has 3 rings (SSSR count). The SMILES string of the molecule is O=C(O)C1CCCN(c2cc(Nc3ccccc3F)ncn2)C1. The molecule has 1 unspecified atom stereocenters. The number of aromatic nitrogens is 2. The summed E-state index contributed by atoms with van der Waals surface area (Å²) in [6.45, 7) is 1.17. The molecule has 2 N–H and O–H groups in total. The number of carboxylic acid groups (broad SMARTS) is 1. The minimum absolute atomic E-state index is 0.333. The number of rotatable bonds is 4. The number of hydrogen-bond acceptors (Lipinski definition) is 5. The van der Waals surface area contributed by atoms with Crippen LogP contribution < -0.4 is 10.2 Å². The molecule has 2 aromatic rings. The van der Waals surface area contributed by atoms with E-state index in [0.29, 0.717) is 30.3 Å². The van der Waals surface area contributed by atoms with Gasteiger partial charge in [0.2, 0.25) is 0 Å². The van der Waals surface area contributed by atoms with Crippen molar-refractivity contribution in [2.24, 2.45) is 5.92 Å². The van der Waals surface area contributed by atoms with Gasteiger partial charge in [-0.05, 0) is 25.0 Å². The van der Waals surface area contributed by atoms with Crippen molar-refractivity contribution in [2.75, 3.05) is 23.3 Å². The van der Waals surface area contributed by atoms with Gasteiger partial charge in [0.25, 0.3) is 0 Å². The van der Waals surface area contributed by atoms with E-state index in [-0.39, 0.29) is 11.7 Å². The van der Waals surface area contributed by atoms with Crippen LogP contribution in [-0.4, -0.2) is 34.1 Å². The first-order valence-electron chi connectivity index (χ1n) is 7.45. The van der Waals surface area contributed by atoms with E-state index in [1.807, 2.05) is 4.90 Å². The van der Waals surface area contributed by atoms with Crippen LogP contribution in [0.2, 0.25) is 0 Å². The Kier molecular flexibility index (Phi) is 4.36. The monoisotopic (exact) mass is 316 g/mol. The summed E-state index contributed by atoms with van der Waals surface area (Å²) in [5.41, 5.74) is 0.333. The second-order valence-corrected chi connectivity index (χ2v) is 5.49. The molecule has 1 aliphatic rings. The van der Waals surface area contributed by atoms with Crippen LogP contribution in [0.5, 0.6) is 0 Å². The minimum Gasteiger partial charge on any atom is -0.481 e. The van der Waals surface area contributed by atoms with E-state index in [0.717, 1.165) is 13.0 Å². The Bertz CT molecular complexity index is 710. The minimum atomic E-state index is -0.784. The largest absolute Gasteiger partial charge is 0.481 e. The molecule has 0 spiro atoms. The number of nitrogens with one attached hydrogen (secondary N) is 1. The molecule has 120 valence electrons. The average molecular weight is 316 g/mol. The summed E-state index contributed by atoms with van der Waals surface area (Å²) in [6.07, 6.45) is 2.87. The third-order valence-electron chi connectivity index (χ3n) is 3.88. The molecule has 0 radical (unpaired) electrons. The van der Waals surface area contributed by atoms with Gasteiger partial charge in [0.15, 0.2) is 0 Å². The highest BCUT2D eigenvalue weighted by Crippen LogP contribution is 2.24. The normalized spacial score (nSPS) is 17.8. The first kappa shape index (κ1) is 15.2. The molecule has 1 saturated heterocycles. The summed E-state index contributed by atoms with van der Waals surface area (Å²) < 4.78 is 13.7. The molecule has 1 fully saturated rings. The average Bonchev–Trinajstić information content (AvgIpc) is 2.57. The Balaban J connectivity index is 1.77. The summed E-state index contributed by atoms with van der Waals surface area (Å²) in [5, 5.41) is 12.1. The van der Waals surface area contributed by atoms with Crippen molar-refractivity contribution in [1.82, 2.24) is 9.97 Å². The number of benzene rings is 1. The molecule has 2 heterocycles. The fraction of sp³-hybridized carbons (Fsp3) is 0.312. The number of anilines is 3. The number of piperidine rings is 1. The zero-order valence-corrected chi connectivity index (χ0v) is 12.4. The zero-order chi connectivity index (χ0) is 16.2. The molecule has 1 aliphatic heterocycles. The fourth-order valence-corrected chi connectivity index (χ4v) is 2.68. The Morgan fingerprint density at radius 3 is 2.96 bits per heavy atom. The molecule has 1 aromatic heterocycles. The predicted molar refractivity (Wildman–Crippen MR) is 84.3 cm³/mol. The quantitative estimate of drug-likeness (QED) is 0.903. The van der Waals surface area contributed by atoms with E-state index in [4.69, 9.17) is 5.11 Å². The van der Waals surface area contributed by atoms with E-state index >= 15 is 0 Å². The highest BCUT2D eigenvalue weighted by Gasteiger charge is 2.26. The highest BCUT2D eigenvalue weighted by molar-refractivity contribution is 5.71. The van der Waals surface area contributed by atoms with Gasteiger partial charge in [-0.3, -0.25) is 4.79 Å². The molecule has 0 amide bonds. The van der Waals surface area contributed by atoms with Crippen molar-refractivity contribution >= 4 is 23.3 Å². The molecular formula is C16H17FN4O2. The van der Waals surface area contributed by atoms with Gasteiger partial charge < -0.3 is 15.3 Å². The molecular weight excluding hydrogens is 299 g/mol. The van der Waals surface area contributed by atoms with Crippen molar-refractivity contribution in [3.63, 3.8) is 0 Å². The molecule has 7 heteroatoms. The number of carbonyl (C=O) groups is 1. The fourth-order valence-electron chi connectivity index (χ4n) is 2.68. The van der Waals surface area contributed by atoms with E-state index in [1.54, 1.807) is 24.3 Å². The number of halogens is 1. The number of carboxylic acids is 1. The Morgan fingerprint density at radius 2 is 2.17 bits per heavy atom. The van der Waals surface area contributed by atoms with Crippen molar-refractivity contribution in [3.05, 3.63) is 42.5 Å². The van der Waals surface area contributed by atoms with Crippen LogP contribution in [0, 0.1) is 11.7 Å². The number of nitrogens with zero attached hydrogens (tertiary/aromatic N) is 3. The van der Waals surface area contributed by atoms with Gasteiger partial charge in [0.05, 0.1) is 11.6 Å². The molecule has 0 aliphatic carbocycles. The van der Waals surface area contributed by atoms with Crippen LogP contribution in [0.3, 0.4) is 0 Å². The van der Waals surface area contributed by atoms with Crippen LogP contribution in [0.4, 0.5) is 21.7 Å². The lowest BCUT2D eigenvalue weighted by atomic mass is 9.98. The lowest BCUT2D eigenvalue weighted by Crippen LogP contribution is -2.39. The lowest BCUT2D eigenvalue weighted by molar-refractivity contribution is -0.141. The summed E-state index contributed by atoms with van der Waals surface area (Å²) in [6, 6.07) is 8.04. The number of para-hydroxylation sites is 1. The van der Waals surface area contributed by atoms with Crippen molar-refractivity contribution in [2.45, 2.75) is 12.8 Å². The van der Waals surface area contributed by atoms with Gasteiger partial charge in [-0.15, -0.1) is 0 Å². The maximum atomic E-state index is 13.7. The lowest BCUT2D eigenvalue weighted by Gasteiger charge is -2.31. The standard InChI is InChI=1S/C16H17FN4O2/c17-12-5-1-2-6-13(12)20-14-8-15(19-10-18-14)21-7-3-4-11(9-21)16(22)23/h1-2,5-6,8,10-11H,3-4,7,9H2,(H,22,23)(H,18,19,20). The molecule has 1 atom stereocenters. The van der Waals surface area contributed by atoms with Gasteiger partial charge in [-0.2, -0.15) is 0 Å². The highest BCUT2D eigenvalue weighted by atomic mass is 19.1. The van der Waals surface area contributed by atoms with E-state index < -0.39 is 5.97 Å². The summed E-state index contributed by atoms with van der Waals surface area (Å²) >= 11 is 0. The smallest absolute Gasteiger partial charge is 0.308 e. The van der Waals surface area contributed by atoms with Crippen LogP contribution in [0.15, 0.2) is 36.7 Å². The van der Waals surface area contributed by atoms with Crippen LogP contribution in [0.25, 0.3) is 0 Å². The van der Waals surface area contributed by atoms with Gasteiger partial charge in [-0.25, -0.2) is 14.4 Å². The Morgan fingerprint density at radius 1 is 1.35 bits per heavy atom. The third kappa shape index (κ3) is 3.56. The van der Waals surface area contributed by atoms with E-state index in [1.165, 1.54) is 12.4 Å². The van der Waals surface area contributed by atoms with Gasteiger partial charge >= 0.3 is 5.97 Å². The van der Waals surface area contributed by atoms with Gasteiger partial charge in [-0.1, -0.05) is 12.1 Å². The number of hydrogen-bond donors (Lipinski definition) is 2. The van der Waals surface area contributed by atoms with Crippen LogP contribution in [-0.2, 0) is 4.79 Å². The van der Waals surface area contributed by atoms with Crippen LogP contribution in [0.1, 0.15) is 12.8 Å². The zero-order valence-electron chi connectivity index (χ0n) is 12.4. The van der Waals surface area contributed by atoms with Crippen molar-refractivity contribution in [3.8, 4) is 0 Å². The molecule has 0 bridgehead atoms. The maximum Gasteiger partial charge on any atom is 0.308 e. The topological polar surface area (TPSA) is 78.4 Å².